The van der Waals surface area contributed by atoms with Gasteiger partial charge in [-0.15, -0.1) is 0 Å². The van der Waals surface area contributed by atoms with Crippen molar-refractivity contribution in [1.29, 1.82) is 0 Å². The Morgan fingerprint density at radius 3 is 2.23 bits per heavy atom. The zero-order valence-corrected chi connectivity index (χ0v) is 18.5. The molecule has 0 saturated heterocycles. The van der Waals surface area contributed by atoms with Gasteiger partial charge < -0.3 is 4.74 Å². The van der Waals surface area contributed by atoms with Gasteiger partial charge in [0, 0.05) is 15.4 Å². The molecule has 1 heterocycles. The third-order valence-electron chi connectivity index (χ3n) is 5.84. The first-order valence-corrected chi connectivity index (χ1v) is 11.6. The molecule has 0 spiro atoms. The van der Waals surface area contributed by atoms with Crippen molar-refractivity contribution in [2.45, 2.75) is 54.9 Å². The highest BCUT2D eigenvalue weighted by Gasteiger charge is 2.28. The zero-order valence-electron chi connectivity index (χ0n) is 17.7. The molecule has 152 valence electrons. The molecule has 3 heteroatoms. The molecule has 0 unspecified atom stereocenters. The second kappa shape index (κ2) is 7.96. The number of aliphatic imine (C=N–C) groups is 1. The first-order valence-electron chi connectivity index (χ1n) is 10.8. The van der Waals surface area contributed by atoms with E-state index < -0.39 is 0 Å². The van der Waals surface area contributed by atoms with E-state index in [1.807, 2.05) is 11.8 Å². The molecule has 3 aromatic carbocycles. The molecule has 1 aliphatic heterocycles. The summed E-state index contributed by atoms with van der Waals surface area (Å²) in [6.07, 6.45) is 4.07. The highest BCUT2D eigenvalue weighted by Crippen LogP contribution is 2.33. The molecule has 4 aliphatic carbocycles. The molecule has 8 rings (SSSR count). The number of rotatable bonds is 3. The van der Waals surface area contributed by atoms with Gasteiger partial charge >= 0.3 is 0 Å². The van der Waals surface area contributed by atoms with Gasteiger partial charge in [-0.25, -0.2) is 4.99 Å². The molecular weight excluding hydrogens is 386 g/mol. The fourth-order valence-electron chi connectivity index (χ4n) is 4.15. The number of aryl methyl sites for hydroxylation is 4. The Morgan fingerprint density at radius 1 is 0.800 bits per heavy atom. The topological polar surface area (TPSA) is 21.6 Å². The van der Waals surface area contributed by atoms with E-state index in [-0.39, 0.29) is 5.54 Å². The molecule has 0 radical (unpaired) electrons. The maximum Gasteiger partial charge on any atom is 0.217 e. The van der Waals surface area contributed by atoms with Crippen LogP contribution in [0.25, 0.3) is 0 Å². The van der Waals surface area contributed by atoms with E-state index in [4.69, 9.17) is 9.73 Å². The van der Waals surface area contributed by atoms with Crippen molar-refractivity contribution < 1.29 is 4.74 Å². The monoisotopic (exact) mass is 413 g/mol. The fourth-order valence-corrected chi connectivity index (χ4v) is 5.21. The lowest BCUT2D eigenvalue weighted by Crippen LogP contribution is -2.17. The predicted octanol–water partition coefficient (Wildman–Crippen LogP) is 6.28. The van der Waals surface area contributed by atoms with Crippen LogP contribution < -0.4 is 0 Å². The van der Waals surface area contributed by atoms with E-state index in [0.717, 1.165) is 31.6 Å². The van der Waals surface area contributed by atoms with Gasteiger partial charge in [0.1, 0.15) is 6.61 Å². The minimum atomic E-state index is -0.136. The maximum absolute atomic E-state index is 6.02. The Morgan fingerprint density at radius 2 is 1.50 bits per heavy atom. The quantitative estimate of drug-likeness (QED) is 0.504. The van der Waals surface area contributed by atoms with Crippen LogP contribution >= 0.6 is 11.8 Å². The average molecular weight is 414 g/mol. The van der Waals surface area contributed by atoms with Crippen molar-refractivity contribution >= 4 is 17.7 Å². The number of nitrogens with zero attached hydrogens (tertiary/aromatic N) is 1. The largest absolute Gasteiger partial charge is 0.475 e. The summed E-state index contributed by atoms with van der Waals surface area (Å²) < 4.78 is 6.02. The van der Waals surface area contributed by atoms with Crippen LogP contribution in [-0.4, -0.2) is 18.0 Å². The molecule has 4 bridgehead atoms. The summed E-state index contributed by atoms with van der Waals surface area (Å²) in [4.78, 5) is 7.54. The molecule has 0 amide bonds. The summed E-state index contributed by atoms with van der Waals surface area (Å²) in [5.41, 5.74) is 6.55. The standard InChI is InChI=1S/C27H27NOS/c1-27(2)18-29-26(28-27)24-16-19-8-9-20-11-13-22(15-14-21(24)12-10-19)25(17-20)30-23-6-4-3-5-7-23/h3-7,10-13,16-17H,8-9,14-15,18H2,1-2H3. The van der Waals surface area contributed by atoms with Crippen molar-refractivity contribution in [3.63, 3.8) is 0 Å². The Bertz CT molecular complexity index is 1100. The van der Waals surface area contributed by atoms with Gasteiger partial charge in [0.25, 0.3) is 0 Å². The fraction of sp³-hybridized carbons (Fsp3) is 0.296. The molecule has 0 atom stereocenters. The number of hydrogen-bond acceptors (Lipinski definition) is 3. The van der Waals surface area contributed by atoms with Crippen LogP contribution in [0.15, 0.2) is 81.5 Å². The van der Waals surface area contributed by atoms with Crippen LogP contribution in [0, 0.1) is 0 Å². The summed E-state index contributed by atoms with van der Waals surface area (Å²) in [5.74, 6) is 0.821. The second-order valence-electron chi connectivity index (χ2n) is 8.87. The van der Waals surface area contributed by atoms with Gasteiger partial charge in [-0.05, 0) is 86.1 Å². The molecule has 0 N–H and O–H groups in total. The van der Waals surface area contributed by atoms with E-state index in [9.17, 15) is 0 Å². The van der Waals surface area contributed by atoms with E-state index in [2.05, 4.69) is 80.6 Å². The van der Waals surface area contributed by atoms with Gasteiger partial charge in [0.05, 0.1) is 5.54 Å². The number of hydrogen-bond donors (Lipinski definition) is 0. The van der Waals surface area contributed by atoms with Gasteiger partial charge in [0.15, 0.2) is 0 Å². The van der Waals surface area contributed by atoms with E-state index in [1.165, 1.54) is 37.6 Å². The van der Waals surface area contributed by atoms with Gasteiger partial charge in [-0.2, -0.15) is 0 Å². The van der Waals surface area contributed by atoms with Crippen LogP contribution in [0.2, 0.25) is 0 Å². The summed E-state index contributed by atoms with van der Waals surface area (Å²) in [6.45, 7) is 4.93. The summed E-state index contributed by atoms with van der Waals surface area (Å²) in [7, 11) is 0. The van der Waals surface area contributed by atoms with Crippen LogP contribution in [0.5, 0.6) is 0 Å². The Kier molecular flexibility index (Phi) is 5.16. The lowest BCUT2D eigenvalue weighted by atomic mass is 9.93. The van der Waals surface area contributed by atoms with Gasteiger partial charge in [-0.3, -0.25) is 0 Å². The first-order chi connectivity index (χ1) is 14.6. The Labute approximate surface area is 183 Å². The molecule has 30 heavy (non-hydrogen) atoms. The van der Waals surface area contributed by atoms with Crippen molar-refractivity contribution in [1.82, 2.24) is 0 Å². The van der Waals surface area contributed by atoms with Gasteiger partial charge in [-0.1, -0.05) is 54.2 Å². The normalized spacial score (nSPS) is 17.2. The highest BCUT2D eigenvalue weighted by molar-refractivity contribution is 7.99. The minimum absolute atomic E-state index is 0.136. The van der Waals surface area contributed by atoms with Gasteiger partial charge in [0.2, 0.25) is 5.90 Å². The first kappa shape index (κ1) is 19.4. The van der Waals surface area contributed by atoms with E-state index in [1.54, 1.807) is 0 Å². The predicted molar refractivity (Wildman–Crippen MR) is 125 cm³/mol. The van der Waals surface area contributed by atoms with E-state index >= 15 is 0 Å². The average Bonchev–Trinajstić information content (AvgIpc) is 3.10. The zero-order chi connectivity index (χ0) is 20.6. The van der Waals surface area contributed by atoms with Crippen molar-refractivity contribution in [3.8, 4) is 0 Å². The summed E-state index contributed by atoms with van der Waals surface area (Å²) in [5, 5.41) is 0. The van der Waals surface area contributed by atoms with E-state index in [0.29, 0.717) is 6.61 Å². The summed E-state index contributed by atoms with van der Waals surface area (Å²) in [6, 6.07) is 24.6. The van der Waals surface area contributed by atoms with Crippen LogP contribution in [-0.2, 0) is 30.4 Å². The SMILES string of the molecule is CC1(C)COC(c2cc3ccc2CCc2ccc(cc2Sc2ccccc2)CC3)=N1. The van der Waals surface area contributed by atoms with Crippen molar-refractivity contribution in [3.05, 3.63) is 94.5 Å². The molecule has 2 nitrogen and oxygen atoms in total. The lowest BCUT2D eigenvalue weighted by molar-refractivity contribution is 0.279. The second-order valence-corrected chi connectivity index (χ2v) is 9.98. The van der Waals surface area contributed by atoms with Crippen LogP contribution in [0.3, 0.4) is 0 Å². The molecule has 3 aromatic rings. The molecule has 0 aromatic heterocycles. The molecular formula is C27H27NOS. The summed E-state index contributed by atoms with van der Waals surface area (Å²) >= 11 is 1.88. The van der Waals surface area contributed by atoms with Crippen molar-refractivity contribution in [2.75, 3.05) is 6.61 Å². The highest BCUT2D eigenvalue weighted by atomic mass is 32.2. The Balaban J connectivity index is 1.50. The maximum atomic E-state index is 6.02. The minimum Gasteiger partial charge on any atom is -0.475 e. The smallest absolute Gasteiger partial charge is 0.217 e. The molecule has 5 aliphatic rings. The third-order valence-corrected chi connectivity index (χ3v) is 6.95. The number of benzene rings is 3. The molecule has 0 saturated carbocycles. The van der Waals surface area contributed by atoms with Crippen LogP contribution in [0.1, 0.15) is 41.7 Å². The van der Waals surface area contributed by atoms with Crippen LogP contribution in [0.4, 0.5) is 0 Å². The lowest BCUT2D eigenvalue weighted by Gasteiger charge is -2.16. The Hall–Kier alpha value is -2.52. The van der Waals surface area contributed by atoms with Crippen molar-refractivity contribution in [2.24, 2.45) is 4.99 Å². The number of ether oxygens (including phenoxy) is 1. The third kappa shape index (κ3) is 4.17. The molecule has 0 fully saturated rings.